The first-order valence-corrected chi connectivity index (χ1v) is 16.7. The molecule has 49 heavy (non-hydrogen) atoms. The Kier molecular flexibility index (Phi) is 6.18. The van der Waals surface area contributed by atoms with Crippen molar-refractivity contribution in [2.24, 2.45) is 0 Å². The summed E-state index contributed by atoms with van der Waals surface area (Å²) < 4.78 is 9.01. The molecule has 0 aliphatic carbocycles. The van der Waals surface area contributed by atoms with E-state index in [1.54, 1.807) is 0 Å². The highest BCUT2D eigenvalue weighted by atomic mass is 16.3. The van der Waals surface area contributed by atoms with Gasteiger partial charge >= 0.3 is 0 Å². The van der Waals surface area contributed by atoms with Gasteiger partial charge in [-0.2, -0.15) is 0 Å². The number of anilines is 3. The van der Waals surface area contributed by atoms with Gasteiger partial charge in [0.15, 0.2) is 0 Å². The second-order valence-corrected chi connectivity index (χ2v) is 12.6. The van der Waals surface area contributed by atoms with E-state index in [4.69, 9.17) is 4.42 Å². The zero-order valence-corrected chi connectivity index (χ0v) is 26.6. The first-order chi connectivity index (χ1) is 24.3. The van der Waals surface area contributed by atoms with Crippen LogP contribution in [0.4, 0.5) is 17.1 Å². The third kappa shape index (κ3) is 4.37. The first kappa shape index (κ1) is 27.5. The van der Waals surface area contributed by atoms with E-state index in [0.29, 0.717) is 0 Å². The summed E-state index contributed by atoms with van der Waals surface area (Å²) >= 11 is 0. The molecular weight excluding hydrogens is 597 g/mol. The number of hydrogen-bond donors (Lipinski definition) is 0. The van der Waals surface area contributed by atoms with Gasteiger partial charge in [-0.25, -0.2) is 0 Å². The van der Waals surface area contributed by atoms with Gasteiger partial charge in [0.25, 0.3) is 0 Å². The highest BCUT2D eigenvalue weighted by Crippen LogP contribution is 2.44. The summed E-state index contributed by atoms with van der Waals surface area (Å²) in [5, 5.41) is 6.99. The average molecular weight is 627 g/mol. The van der Waals surface area contributed by atoms with Crippen LogP contribution in [0.3, 0.4) is 0 Å². The summed E-state index contributed by atoms with van der Waals surface area (Å²) in [4.78, 5) is 2.35. The maximum Gasteiger partial charge on any atom is 0.143 e. The van der Waals surface area contributed by atoms with E-state index >= 15 is 0 Å². The van der Waals surface area contributed by atoms with Gasteiger partial charge in [0.1, 0.15) is 11.2 Å². The van der Waals surface area contributed by atoms with Crippen molar-refractivity contribution in [1.29, 1.82) is 0 Å². The van der Waals surface area contributed by atoms with E-state index in [9.17, 15) is 0 Å². The highest BCUT2D eigenvalue weighted by Gasteiger charge is 2.20. The summed E-state index contributed by atoms with van der Waals surface area (Å²) in [6.07, 6.45) is 0. The lowest BCUT2D eigenvalue weighted by atomic mass is 9.95. The quantitative estimate of drug-likeness (QED) is 0.190. The van der Waals surface area contributed by atoms with Gasteiger partial charge < -0.3 is 13.9 Å². The SMILES string of the molecule is c1ccc(-c2cc3c4cc(N(c5ccccc5)c5ccc6c7ccccc7n(-c7ccccc7)c6c5)ccc4oc3c3ccccc23)cc1. The number of aromatic nitrogens is 1. The third-order valence-electron chi connectivity index (χ3n) is 9.75. The van der Waals surface area contributed by atoms with Gasteiger partial charge in [-0.15, -0.1) is 0 Å². The lowest BCUT2D eigenvalue weighted by molar-refractivity contribution is 0.672. The standard InChI is InChI=1S/C46H30N2O/c1-4-14-31(15-5-1)40-30-42-41-28-34(25-27-45(41)49-46(42)39-22-11-10-20-36(39)40)47(32-16-6-2-7-17-32)35-24-26-38-37-21-12-13-23-43(37)48(44(38)29-35)33-18-8-3-9-19-33/h1-30H. The second kappa shape index (κ2) is 11.0. The summed E-state index contributed by atoms with van der Waals surface area (Å²) in [7, 11) is 0. The molecule has 0 atom stereocenters. The summed E-state index contributed by atoms with van der Waals surface area (Å²) in [5.41, 5.74) is 10.9. The molecule has 3 nitrogen and oxygen atoms in total. The molecule has 0 saturated carbocycles. The Morgan fingerprint density at radius 3 is 1.80 bits per heavy atom. The van der Waals surface area contributed by atoms with Crippen LogP contribution in [0.15, 0.2) is 186 Å². The monoisotopic (exact) mass is 626 g/mol. The van der Waals surface area contributed by atoms with Crippen LogP contribution in [0.2, 0.25) is 0 Å². The summed E-state index contributed by atoms with van der Waals surface area (Å²) in [6, 6.07) is 64.9. The molecule has 10 rings (SSSR count). The Bertz CT molecular complexity index is 2810. The van der Waals surface area contributed by atoms with Crippen LogP contribution in [0.1, 0.15) is 0 Å². The Labute approximate surface area is 283 Å². The van der Waals surface area contributed by atoms with Crippen molar-refractivity contribution < 1.29 is 4.42 Å². The molecule has 0 spiro atoms. The fraction of sp³-hybridized carbons (Fsp3) is 0. The molecule has 2 heterocycles. The van der Waals surface area contributed by atoms with Crippen LogP contribution < -0.4 is 4.90 Å². The predicted molar refractivity (Wildman–Crippen MR) is 206 cm³/mol. The van der Waals surface area contributed by atoms with E-state index in [1.807, 2.05) is 0 Å². The molecule has 0 amide bonds. The van der Waals surface area contributed by atoms with Crippen LogP contribution in [0, 0.1) is 0 Å². The van der Waals surface area contributed by atoms with E-state index in [1.165, 1.54) is 38.3 Å². The lowest BCUT2D eigenvalue weighted by Crippen LogP contribution is -2.10. The van der Waals surface area contributed by atoms with Crippen LogP contribution in [-0.4, -0.2) is 4.57 Å². The highest BCUT2D eigenvalue weighted by molar-refractivity contribution is 6.19. The molecule has 230 valence electrons. The van der Waals surface area contributed by atoms with Gasteiger partial charge in [0, 0.05) is 49.7 Å². The largest absolute Gasteiger partial charge is 0.455 e. The molecule has 0 aliphatic heterocycles. The van der Waals surface area contributed by atoms with Crippen LogP contribution in [0.25, 0.3) is 71.3 Å². The molecule has 0 N–H and O–H groups in total. The molecule has 10 aromatic rings. The van der Waals surface area contributed by atoms with Crippen molar-refractivity contribution in [3.8, 4) is 16.8 Å². The summed E-state index contributed by atoms with van der Waals surface area (Å²) in [6.45, 7) is 0. The maximum atomic E-state index is 6.64. The Hall–Kier alpha value is -6.58. The minimum absolute atomic E-state index is 0.877. The average Bonchev–Trinajstić information content (AvgIpc) is 3.71. The first-order valence-electron chi connectivity index (χ1n) is 16.7. The molecule has 0 fully saturated rings. The molecule has 0 aliphatic rings. The number of furan rings is 1. The summed E-state index contributed by atoms with van der Waals surface area (Å²) in [5.74, 6) is 0. The van der Waals surface area contributed by atoms with E-state index in [2.05, 4.69) is 191 Å². The van der Waals surface area contributed by atoms with Crippen molar-refractivity contribution in [2.75, 3.05) is 4.90 Å². The molecule has 3 heteroatoms. The number of rotatable bonds is 5. The second-order valence-electron chi connectivity index (χ2n) is 12.6. The van der Waals surface area contributed by atoms with Gasteiger partial charge in [-0.1, -0.05) is 115 Å². The zero-order chi connectivity index (χ0) is 32.3. The van der Waals surface area contributed by atoms with Crippen molar-refractivity contribution >= 4 is 71.6 Å². The number of para-hydroxylation sites is 3. The molecule has 2 aromatic heterocycles. The topological polar surface area (TPSA) is 21.3 Å². The van der Waals surface area contributed by atoms with E-state index in [-0.39, 0.29) is 0 Å². The van der Waals surface area contributed by atoms with Gasteiger partial charge in [-0.3, -0.25) is 0 Å². The van der Waals surface area contributed by atoms with Crippen LogP contribution in [-0.2, 0) is 0 Å². The fourth-order valence-corrected chi connectivity index (χ4v) is 7.56. The number of nitrogens with zero attached hydrogens (tertiary/aromatic N) is 2. The van der Waals surface area contributed by atoms with Crippen LogP contribution >= 0.6 is 0 Å². The molecular formula is C46H30N2O. The van der Waals surface area contributed by atoms with Crippen molar-refractivity contribution in [2.45, 2.75) is 0 Å². The molecule has 0 saturated heterocycles. The van der Waals surface area contributed by atoms with Crippen molar-refractivity contribution in [3.63, 3.8) is 0 Å². The lowest BCUT2D eigenvalue weighted by Gasteiger charge is -2.26. The van der Waals surface area contributed by atoms with Gasteiger partial charge in [-0.05, 0) is 83.2 Å². The smallest absolute Gasteiger partial charge is 0.143 e. The van der Waals surface area contributed by atoms with E-state index in [0.717, 1.165) is 50.1 Å². The number of benzene rings is 8. The van der Waals surface area contributed by atoms with Crippen molar-refractivity contribution in [1.82, 2.24) is 4.57 Å². The third-order valence-corrected chi connectivity index (χ3v) is 9.75. The maximum absolute atomic E-state index is 6.64. The Balaban J connectivity index is 1.22. The Morgan fingerprint density at radius 2 is 1.00 bits per heavy atom. The normalized spacial score (nSPS) is 11.7. The zero-order valence-electron chi connectivity index (χ0n) is 26.6. The predicted octanol–water partition coefficient (Wildman–Crippen LogP) is 13.0. The molecule has 0 bridgehead atoms. The van der Waals surface area contributed by atoms with E-state index < -0.39 is 0 Å². The fourth-order valence-electron chi connectivity index (χ4n) is 7.56. The minimum atomic E-state index is 0.877. The number of fused-ring (bicyclic) bond motifs is 8. The van der Waals surface area contributed by atoms with Gasteiger partial charge in [0.2, 0.25) is 0 Å². The Morgan fingerprint density at radius 1 is 0.388 bits per heavy atom. The molecule has 8 aromatic carbocycles. The molecule has 0 unspecified atom stereocenters. The minimum Gasteiger partial charge on any atom is -0.455 e. The van der Waals surface area contributed by atoms with Gasteiger partial charge in [0.05, 0.1) is 11.0 Å². The number of hydrogen-bond acceptors (Lipinski definition) is 2. The van der Waals surface area contributed by atoms with Crippen LogP contribution in [0.5, 0.6) is 0 Å². The molecule has 0 radical (unpaired) electrons. The van der Waals surface area contributed by atoms with Crippen molar-refractivity contribution in [3.05, 3.63) is 182 Å².